The van der Waals surface area contributed by atoms with Crippen LogP contribution in [0.15, 0.2) is 0 Å². The number of hydrogen-bond donors (Lipinski definition) is 0. The normalized spacial score (nSPS) is 10.5. The van der Waals surface area contributed by atoms with Gasteiger partial charge in [0.1, 0.15) is 11.6 Å². The van der Waals surface area contributed by atoms with Crippen LogP contribution in [0.3, 0.4) is 0 Å². The highest BCUT2D eigenvalue weighted by Gasteiger charge is 2.22. The third-order valence-corrected chi connectivity index (χ3v) is 1.98. The van der Waals surface area contributed by atoms with Gasteiger partial charge in [-0.15, -0.1) is 6.42 Å². The number of aromatic nitrogens is 2. The zero-order valence-electron chi connectivity index (χ0n) is 9.33. The number of nitriles is 1. The van der Waals surface area contributed by atoms with Crippen LogP contribution in [-0.4, -0.2) is 15.4 Å². The van der Waals surface area contributed by atoms with Crippen LogP contribution in [0.25, 0.3) is 0 Å². The number of ether oxygens (including phenoxy) is 1. The van der Waals surface area contributed by atoms with Gasteiger partial charge >= 0.3 is 0 Å². The lowest BCUT2D eigenvalue weighted by atomic mass is 10.1. The van der Waals surface area contributed by atoms with Gasteiger partial charge < -0.3 is 4.74 Å². The topological polar surface area (TPSA) is 50.8 Å². The van der Waals surface area contributed by atoms with Crippen LogP contribution < -0.4 is 4.74 Å². The largest absolute Gasteiger partial charge is 0.458 e. The summed E-state index contributed by atoms with van der Waals surface area (Å²) in [4.78, 5) is 0. The van der Waals surface area contributed by atoms with E-state index >= 15 is 0 Å². The Morgan fingerprint density at radius 3 is 2.60 bits per heavy atom. The average molecular weight is 203 g/mol. The van der Waals surface area contributed by atoms with Crippen LogP contribution >= 0.6 is 0 Å². The van der Waals surface area contributed by atoms with Crippen LogP contribution in [0.4, 0.5) is 0 Å². The van der Waals surface area contributed by atoms with Gasteiger partial charge in [-0.3, -0.25) is 0 Å². The van der Waals surface area contributed by atoms with E-state index in [1.54, 1.807) is 27.8 Å². The van der Waals surface area contributed by atoms with Crippen LogP contribution in [0, 0.1) is 30.6 Å². The zero-order valence-corrected chi connectivity index (χ0v) is 9.33. The monoisotopic (exact) mass is 203 g/mol. The van der Waals surface area contributed by atoms with Crippen molar-refractivity contribution in [3.63, 3.8) is 0 Å². The van der Waals surface area contributed by atoms with E-state index in [4.69, 9.17) is 16.4 Å². The predicted molar refractivity (Wildman–Crippen MR) is 56.2 cm³/mol. The van der Waals surface area contributed by atoms with Gasteiger partial charge in [0, 0.05) is 7.05 Å². The molecule has 1 heterocycles. The van der Waals surface area contributed by atoms with E-state index < -0.39 is 5.60 Å². The van der Waals surface area contributed by atoms with E-state index in [2.05, 4.69) is 17.1 Å². The van der Waals surface area contributed by atoms with Gasteiger partial charge in [-0.05, 0) is 20.8 Å². The lowest BCUT2D eigenvalue weighted by Gasteiger charge is -2.19. The Morgan fingerprint density at radius 1 is 1.53 bits per heavy atom. The van der Waals surface area contributed by atoms with Gasteiger partial charge in [-0.2, -0.15) is 10.4 Å². The van der Waals surface area contributed by atoms with E-state index in [-0.39, 0.29) is 0 Å². The fourth-order valence-electron chi connectivity index (χ4n) is 1.15. The van der Waals surface area contributed by atoms with Crippen molar-refractivity contribution in [1.82, 2.24) is 9.78 Å². The number of aryl methyl sites for hydroxylation is 2. The Hall–Kier alpha value is -1.94. The third kappa shape index (κ3) is 2.11. The second-order valence-electron chi connectivity index (χ2n) is 3.76. The van der Waals surface area contributed by atoms with Crippen molar-refractivity contribution < 1.29 is 4.74 Å². The molecule has 0 saturated heterocycles. The molecule has 0 radical (unpaired) electrons. The Morgan fingerprint density at radius 2 is 2.13 bits per heavy atom. The van der Waals surface area contributed by atoms with Gasteiger partial charge in [-0.1, -0.05) is 5.92 Å². The molecule has 0 amide bonds. The summed E-state index contributed by atoms with van der Waals surface area (Å²) in [6.45, 7) is 5.28. The number of rotatable bonds is 2. The predicted octanol–water partition coefficient (Wildman–Crippen LogP) is 1.39. The Balaban J connectivity index is 3.17. The standard InChI is InChI=1S/C11H13N3O/c1-6-11(3,4)15-10-9(7-12)8(2)13-14(10)5/h1H,2-5H3. The van der Waals surface area contributed by atoms with E-state index in [1.165, 1.54) is 4.68 Å². The minimum atomic E-state index is -0.744. The maximum Gasteiger partial charge on any atom is 0.231 e. The van der Waals surface area contributed by atoms with Crippen molar-refractivity contribution in [2.45, 2.75) is 26.4 Å². The number of nitrogens with zero attached hydrogens (tertiary/aromatic N) is 3. The lowest BCUT2D eigenvalue weighted by Crippen LogP contribution is -2.27. The molecular weight excluding hydrogens is 190 g/mol. The minimum Gasteiger partial charge on any atom is -0.458 e. The molecule has 1 aromatic rings. The lowest BCUT2D eigenvalue weighted by molar-refractivity contribution is 0.156. The van der Waals surface area contributed by atoms with Gasteiger partial charge in [0.2, 0.25) is 5.88 Å². The Kier molecular flexibility index (Phi) is 2.72. The highest BCUT2D eigenvalue weighted by atomic mass is 16.5. The highest BCUT2D eigenvalue weighted by Crippen LogP contribution is 2.24. The van der Waals surface area contributed by atoms with Crippen LogP contribution in [0.2, 0.25) is 0 Å². The smallest absolute Gasteiger partial charge is 0.231 e. The summed E-state index contributed by atoms with van der Waals surface area (Å²) in [6, 6.07) is 2.05. The molecule has 0 unspecified atom stereocenters. The average Bonchev–Trinajstić information content (AvgIpc) is 2.41. The summed E-state index contributed by atoms with van der Waals surface area (Å²) in [6.07, 6.45) is 5.31. The molecule has 0 saturated carbocycles. The van der Waals surface area contributed by atoms with E-state index in [0.717, 1.165) is 0 Å². The fraction of sp³-hybridized carbons (Fsp3) is 0.455. The zero-order chi connectivity index (χ0) is 11.6. The summed E-state index contributed by atoms with van der Waals surface area (Å²) in [5.41, 5.74) is 0.329. The molecular formula is C11H13N3O. The third-order valence-electron chi connectivity index (χ3n) is 1.98. The van der Waals surface area contributed by atoms with Gasteiger partial charge in [-0.25, -0.2) is 4.68 Å². The molecule has 0 atom stereocenters. The summed E-state index contributed by atoms with van der Waals surface area (Å²) in [7, 11) is 1.72. The van der Waals surface area contributed by atoms with Gasteiger partial charge in [0.15, 0.2) is 5.60 Å². The van der Waals surface area contributed by atoms with Crippen molar-refractivity contribution >= 4 is 0 Å². The molecule has 0 fully saturated rings. The molecule has 1 rings (SSSR count). The summed E-state index contributed by atoms with van der Waals surface area (Å²) < 4.78 is 7.09. The Labute approximate surface area is 89.5 Å². The summed E-state index contributed by atoms with van der Waals surface area (Å²) in [5, 5.41) is 13.0. The molecule has 0 aliphatic rings. The maximum absolute atomic E-state index is 8.95. The fourth-order valence-corrected chi connectivity index (χ4v) is 1.15. The molecule has 4 heteroatoms. The molecule has 15 heavy (non-hydrogen) atoms. The SMILES string of the molecule is C#CC(C)(C)Oc1c(C#N)c(C)nn1C. The minimum absolute atomic E-state index is 0.415. The quantitative estimate of drug-likeness (QED) is 0.682. The van der Waals surface area contributed by atoms with Gasteiger partial charge in [0.25, 0.3) is 0 Å². The van der Waals surface area contributed by atoms with Crippen LogP contribution in [0.1, 0.15) is 25.1 Å². The Bertz CT molecular complexity index is 457. The molecule has 0 aliphatic heterocycles. The first kappa shape index (κ1) is 11.1. The first-order chi connectivity index (χ1) is 6.91. The van der Waals surface area contributed by atoms with Crippen molar-refractivity contribution in [2.24, 2.45) is 7.05 Å². The van der Waals surface area contributed by atoms with Crippen molar-refractivity contribution in [3.8, 4) is 24.3 Å². The van der Waals surface area contributed by atoms with Crippen LogP contribution in [-0.2, 0) is 7.05 Å². The first-order valence-corrected chi connectivity index (χ1v) is 4.51. The molecule has 0 aliphatic carbocycles. The molecule has 0 bridgehead atoms. The summed E-state index contributed by atoms with van der Waals surface area (Å²) in [5.74, 6) is 2.92. The van der Waals surface area contributed by atoms with E-state index in [9.17, 15) is 0 Å². The van der Waals surface area contributed by atoms with Crippen molar-refractivity contribution in [3.05, 3.63) is 11.3 Å². The first-order valence-electron chi connectivity index (χ1n) is 4.51. The van der Waals surface area contributed by atoms with Crippen molar-refractivity contribution in [1.29, 1.82) is 5.26 Å². The van der Waals surface area contributed by atoms with Crippen molar-refractivity contribution in [2.75, 3.05) is 0 Å². The van der Waals surface area contributed by atoms with Gasteiger partial charge in [0.05, 0.1) is 5.69 Å². The molecule has 0 N–H and O–H groups in total. The molecule has 1 aromatic heterocycles. The second kappa shape index (κ2) is 3.67. The number of hydrogen-bond acceptors (Lipinski definition) is 3. The highest BCUT2D eigenvalue weighted by molar-refractivity contribution is 5.42. The summed E-state index contributed by atoms with van der Waals surface area (Å²) >= 11 is 0. The number of terminal acetylenes is 1. The van der Waals surface area contributed by atoms with E-state index in [1.807, 2.05) is 0 Å². The maximum atomic E-state index is 8.95. The molecule has 0 spiro atoms. The van der Waals surface area contributed by atoms with E-state index in [0.29, 0.717) is 17.1 Å². The molecule has 0 aromatic carbocycles. The molecule has 78 valence electrons. The van der Waals surface area contributed by atoms with Crippen LogP contribution in [0.5, 0.6) is 5.88 Å². The second-order valence-corrected chi connectivity index (χ2v) is 3.76. The molecule has 4 nitrogen and oxygen atoms in total.